The Kier molecular flexibility index (Phi) is 3.59. The third kappa shape index (κ3) is 2.70. The summed E-state index contributed by atoms with van der Waals surface area (Å²) < 4.78 is 5.27. The van der Waals surface area contributed by atoms with Crippen LogP contribution in [0.3, 0.4) is 0 Å². The predicted molar refractivity (Wildman–Crippen MR) is 98.9 cm³/mol. The molecule has 2 aromatic rings. The van der Waals surface area contributed by atoms with Crippen LogP contribution in [0.5, 0.6) is 5.75 Å². The number of nitrogens with one attached hydrogen (secondary N) is 2. The summed E-state index contributed by atoms with van der Waals surface area (Å²) in [6, 6.07) is 9.57. The summed E-state index contributed by atoms with van der Waals surface area (Å²) in [7, 11) is 1.65. The van der Waals surface area contributed by atoms with Crippen molar-refractivity contribution >= 4 is 5.91 Å². The zero-order valence-corrected chi connectivity index (χ0v) is 15.1. The quantitative estimate of drug-likeness (QED) is 0.881. The van der Waals surface area contributed by atoms with Crippen LogP contribution in [0.2, 0.25) is 0 Å². The number of benzene rings is 1. The van der Waals surface area contributed by atoms with Crippen molar-refractivity contribution in [3.8, 4) is 17.0 Å². The van der Waals surface area contributed by atoms with Crippen molar-refractivity contribution in [1.82, 2.24) is 15.5 Å². The van der Waals surface area contributed by atoms with Gasteiger partial charge in [0.15, 0.2) is 0 Å². The summed E-state index contributed by atoms with van der Waals surface area (Å²) in [5.41, 5.74) is 2.26. The summed E-state index contributed by atoms with van der Waals surface area (Å²) in [5.74, 6) is 3.21. The van der Waals surface area contributed by atoms with Gasteiger partial charge in [-0.25, -0.2) is 0 Å². The van der Waals surface area contributed by atoms with Crippen LogP contribution in [0.25, 0.3) is 11.3 Å². The molecule has 1 aromatic carbocycles. The van der Waals surface area contributed by atoms with E-state index < -0.39 is 0 Å². The van der Waals surface area contributed by atoms with Crippen molar-refractivity contribution in [2.24, 2.45) is 17.8 Å². The molecule has 1 heterocycles. The molecule has 4 aliphatic carbocycles. The van der Waals surface area contributed by atoms with E-state index in [1.165, 1.54) is 19.3 Å². The Balaban J connectivity index is 1.34. The Morgan fingerprint density at radius 1 is 1.15 bits per heavy atom. The van der Waals surface area contributed by atoms with Gasteiger partial charge in [0, 0.05) is 11.1 Å². The molecule has 0 saturated heterocycles. The van der Waals surface area contributed by atoms with Gasteiger partial charge in [0.25, 0.3) is 5.91 Å². The highest BCUT2D eigenvalue weighted by molar-refractivity contribution is 5.94. The normalized spacial score (nSPS) is 31.8. The standard InChI is InChI=1S/C21H25N3O2/c1-26-17-4-2-3-16(8-17)18-9-19(24-23-18)20(25)22-21-10-13-5-14(11-21)7-15(6-13)12-21/h2-4,8-9,13-15H,5-7,10-12H2,1H3,(H,22,25)(H,23,24). The maximum Gasteiger partial charge on any atom is 0.269 e. The van der Waals surface area contributed by atoms with Gasteiger partial charge in [0.05, 0.1) is 12.8 Å². The van der Waals surface area contributed by atoms with E-state index in [2.05, 4.69) is 15.5 Å². The van der Waals surface area contributed by atoms with Gasteiger partial charge in [-0.15, -0.1) is 0 Å². The van der Waals surface area contributed by atoms with Crippen molar-refractivity contribution in [2.75, 3.05) is 7.11 Å². The lowest BCUT2D eigenvalue weighted by atomic mass is 9.53. The van der Waals surface area contributed by atoms with Gasteiger partial charge in [-0.2, -0.15) is 5.10 Å². The fourth-order valence-electron chi connectivity index (χ4n) is 5.94. The first-order valence-corrected chi connectivity index (χ1v) is 9.65. The van der Waals surface area contributed by atoms with Crippen molar-refractivity contribution in [3.05, 3.63) is 36.0 Å². The third-order valence-electron chi connectivity index (χ3n) is 6.60. The van der Waals surface area contributed by atoms with Crippen molar-refractivity contribution < 1.29 is 9.53 Å². The zero-order chi connectivity index (χ0) is 17.7. The maximum atomic E-state index is 12.9. The van der Waals surface area contributed by atoms with E-state index in [9.17, 15) is 4.79 Å². The molecule has 5 heteroatoms. The molecular weight excluding hydrogens is 326 g/mol. The van der Waals surface area contributed by atoms with E-state index in [0.29, 0.717) is 5.69 Å². The molecule has 6 rings (SSSR count). The molecule has 0 unspecified atom stereocenters. The van der Waals surface area contributed by atoms with E-state index in [0.717, 1.165) is 54.0 Å². The Morgan fingerprint density at radius 3 is 2.50 bits per heavy atom. The molecule has 4 bridgehead atoms. The van der Waals surface area contributed by atoms with Crippen molar-refractivity contribution in [3.63, 3.8) is 0 Å². The molecule has 0 aliphatic heterocycles. The molecule has 4 fully saturated rings. The fraction of sp³-hybridized carbons (Fsp3) is 0.524. The number of hydrogen-bond donors (Lipinski definition) is 2. The molecule has 0 spiro atoms. The lowest BCUT2D eigenvalue weighted by Crippen LogP contribution is -2.59. The average Bonchev–Trinajstić information content (AvgIpc) is 3.10. The van der Waals surface area contributed by atoms with Crippen LogP contribution in [0, 0.1) is 17.8 Å². The molecule has 4 saturated carbocycles. The second-order valence-electron chi connectivity index (χ2n) is 8.55. The minimum absolute atomic E-state index is 0.0198. The van der Waals surface area contributed by atoms with Gasteiger partial charge >= 0.3 is 0 Å². The van der Waals surface area contributed by atoms with Crippen LogP contribution in [0.4, 0.5) is 0 Å². The average molecular weight is 351 g/mol. The number of nitrogens with zero attached hydrogens (tertiary/aromatic N) is 1. The van der Waals surface area contributed by atoms with Crippen LogP contribution >= 0.6 is 0 Å². The lowest BCUT2D eigenvalue weighted by Gasteiger charge is -2.56. The number of aromatic amines is 1. The second kappa shape index (κ2) is 5.86. The molecule has 1 aromatic heterocycles. The lowest BCUT2D eigenvalue weighted by molar-refractivity contribution is -0.0167. The van der Waals surface area contributed by atoms with Gasteiger partial charge in [0.2, 0.25) is 0 Å². The smallest absolute Gasteiger partial charge is 0.269 e. The minimum atomic E-state index is -0.0198. The summed E-state index contributed by atoms with van der Waals surface area (Å²) in [6.45, 7) is 0. The number of hydrogen-bond acceptors (Lipinski definition) is 3. The Bertz CT molecular complexity index is 806. The molecule has 5 nitrogen and oxygen atoms in total. The van der Waals surface area contributed by atoms with E-state index in [1.54, 1.807) is 7.11 Å². The van der Waals surface area contributed by atoms with E-state index in [4.69, 9.17) is 4.74 Å². The van der Waals surface area contributed by atoms with Crippen molar-refractivity contribution in [2.45, 2.75) is 44.1 Å². The molecule has 1 amide bonds. The molecule has 26 heavy (non-hydrogen) atoms. The van der Waals surface area contributed by atoms with Gasteiger partial charge < -0.3 is 10.1 Å². The first-order chi connectivity index (χ1) is 12.6. The Labute approximate surface area is 153 Å². The van der Waals surface area contributed by atoms with E-state index in [1.807, 2.05) is 30.3 Å². The van der Waals surface area contributed by atoms with Crippen molar-refractivity contribution in [1.29, 1.82) is 0 Å². The highest BCUT2D eigenvalue weighted by atomic mass is 16.5. The highest BCUT2D eigenvalue weighted by Crippen LogP contribution is 2.55. The maximum absolute atomic E-state index is 12.9. The number of rotatable bonds is 4. The van der Waals surface area contributed by atoms with Crippen LogP contribution in [0.1, 0.15) is 49.0 Å². The molecule has 4 aliphatic rings. The summed E-state index contributed by atoms with van der Waals surface area (Å²) in [5, 5.41) is 10.7. The van der Waals surface area contributed by atoms with Gasteiger partial charge in [-0.05, 0) is 74.5 Å². The predicted octanol–water partition coefficient (Wildman–Crippen LogP) is 3.78. The minimum Gasteiger partial charge on any atom is -0.497 e. The Morgan fingerprint density at radius 2 is 1.85 bits per heavy atom. The third-order valence-corrected chi connectivity index (χ3v) is 6.60. The van der Waals surface area contributed by atoms with Gasteiger partial charge in [0.1, 0.15) is 11.4 Å². The summed E-state index contributed by atoms with van der Waals surface area (Å²) in [6.07, 6.45) is 7.59. The summed E-state index contributed by atoms with van der Waals surface area (Å²) in [4.78, 5) is 12.9. The monoisotopic (exact) mass is 351 g/mol. The Hall–Kier alpha value is -2.30. The molecule has 136 valence electrons. The number of aromatic nitrogens is 2. The molecular formula is C21H25N3O2. The number of carbonyl (C=O) groups is 1. The molecule has 0 atom stereocenters. The highest BCUT2D eigenvalue weighted by Gasteiger charge is 2.51. The van der Waals surface area contributed by atoms with Crippen LogP contribution < -0.4 is 10.1 Å². The fourth-order valence-corrected chi connectivity index (χ4v) is 5.94. The van der Waals surface area contributed by atoms with Gasteiger partial charge in [-0.3, -0.25) is 9.89 Å². The number of methoxy groups -OCH3 is 1. The van der Waals surface area contributed by atoms with E-state index in [-0.39, 0.29) is 11.4 Å². The summed E-state index contributed by atoms with van der Waals surface area (Å²) >= 11 is 0. The molecule has 2 N–H and O–H groups in total. The second-order valence-corrected chi connectivity index (χ2v) is 8.55. The van der Waals surface area contributed by atoms with Crippen LogP contribution in [-0.2, 0) is 0 Å². The molecule has 0 radical (unpaired) electrons. The zero-order valence-electron chi connectivity index (χ0n) is 15.1. The van der Waals surface area contributed by atoms with Gasteiger partial charge in [-0.1, -0.05) is 12.1 Å². The number of amides is 1. The van der Waals surface area contributed by atoms with Crippen LogP contribution in [-0.4, -0.2) is 28.8 Å². The van der Waals surface area contributed by atoms with E-state index >= 15 is 0 Å². The SMILES string of the molecule is COc1cccc(-c2cc(C(=O)NC34CC5CC(CC(C5)C3)C4)[nH]n2)c1. The number of ether oxygens (including phenoxy) is 1. The largest absolute Gasteiger partial charge is 0.497 e. The number of carbonyl (C=O) groups excluding carboxylic acids is 1. The van der Waals surface area contributed by atoms with Crippen LogP contribution in [0.15, 0.2) is 30.3 Å². The first-order valence-electron chi connectivity index (χ1n) is 9.65. The number of H-pyrrole nitrogens is 1. The topological polar surface area (TPSA) is 67.0 Å². The first kappa shape index (κ1) is 15.9.